The molecule has 2 saturated carbocycles. The summed E-state index contributed by atoms with van der Waals surface area (Å²) in [6.07, 6.45) is 7.30. The standard InChI is InChI=1S/C21H28ClFN4O3S2/c1-27(12-19(28)13-6-7-13)18-5-3-2-4-16(18)25-17-11-15(23)20(10-14(17)22)32(29,30)26-21-24-8-9-31-21/h8-11,13,16,18-19,25,28H,2-7,12H2,1H3,(H,24,26)/t16-,18-,19+/m0/s1. The van der Waals surface area contributed by atoms with Gasteiger partial charge in [0.05, 0.1) is 16.8 Å². The van der Waals surface area contributed by atoms with Crippen LogP contribution in [0, 0.1) is 11.7 Å². The molecule has 0 amide bonds. The van der Waals surface area contributed by atoms with Crippen molar-refractivity contribution in [1.29, 1.82) is 0 Å². The fraction of sp³-hybridized carbons (Fsp3) is 0.571. The molecular weight excluding hydrogens is 475 g/mol. The van der Waals surface area contributed by atoms with Gasteiger partial charge in [0.15, 0.2) is 5.13 Å². The molecule has 0 spiro atoms. The maximum absolute atomic E-state index is 14.9. The smallest absolute Gasteiger partial charge is 0.266 e. The molecule has 0 aliphatic heterocycles. The highest BCUT2D eigenvalue weighted by Crippen LogP contribution is 2.35. The van der Waals surface area contributed by atoms with Gasteiger partial charge in [-0.2, -0.15) is 0 Å². The summed E-state index contributed by atoms with van der Waals surface area (Å²) in [6.45, 7) is 0.606. The largest absolute Gasteiger partial charge is 0.392 e. The van der Waals surface area contributed by atoms with Crippen LogP contribution in [-0.4, -0.2) is 55.2 Å². The second kappa shape index (κ2) is 9.80. The monoisotopic (exact) mass is 502 g/mol. The minimum Gasteiger partial charge on any atom is -0.392 e. The number of nitrogens with one attached hydrogen (secondary N) is 2. The van der Waals surface area contributed by atoms with E-state index in [0.29, 0.717) is 18.2 Å². The van der Waals surface area contributed by atoms with Crippen molar-refractivity contribution in [1.82, 2.24) is 9.88 Å². The van der Waals surface area contributed by atoms with Gasteiger partial charge in [-0.15, -0.1) is 11.3 Å². The van der Waals surface area contributed by atoms with Crippen LogP contribution in [0.5, 0.6) is 0 Å². The molecule has 4 rings (SSSR count). The Kier molecular flexibility index (Phi) is 7.26. The van der Waals surface area contributed by atoms with E-state index in [4.69, 9.17) is 11.6 Å². The van der Waals surface area contributed by atoms with Gasteiger partial charge in [0.2, 0.25) is 0 Å². The number of rotatable bonds is 9. The van der Waals surface area contributed by atoms with Gasteiger partial charge in [0, 0.05) is 30.2 Å². The van der Waals surface area contributed by atoms with E-state index in [0.717, 1.165) is 62.0 Å². The second-order valence-electron chi connectivity index (χ2n) is 8.65. The van der Waals surface area contributed by atoms with E-state index in [1.54, 1.807) is 5.38 Å². The van der Waals surface area contributed by atoms with E-state index >= 15 is 0 Å². The summed E-state index contributed by atoms with van der Waals surface area (Å²) in [5, 5.41) is 15.6. The predicted octanol–water partition coefficient (Wildman–Crippen LogP) is 4.16. The van der Waals surface area contributed by atoms with Crippen LogP contribution in [-0.2, 0) is 10.0 Å². The zero-order valence-electron chi connectivity index (χ0n) is 17.8. The number of aromatic nitrogens is 1. The maximum Gasteiger partial charge on any atom is 0.266 e. The highest BCUT2D eigenvalue weighted by Gasteiger charge is 2.34. The average Bonchev–Trinajstić information content (AvgIpc) is 3.48. The van der Waals surface area contributed by atoms with Gasteiger partial charge >= 0.3 is 0 Å². The first kappa shape index (κ1) is 23.7. The molecule has 3 atom stereocenters. The molecule has 2 aromatic rings. The number of aliphatic hydroxyl groups excluding tert-OH is 1. The third-order valence-corrected chi connectivity index (χ3v) is 8.73. The number of hydrogen-bond donors (Lipinski definition) is 3. The minimum absolute atomic E-state index is 0.0213. The van der Waals surface area contributed by atoms with Crippen LogP contribution in [0.4, 0.5) is 15.2 Å². The molecule has 7 nitrogen and oxygen atoms in total. The molecule has 11 heteroatoms. The molecule has 2 fully saturated rings. The number of thiazole rings is 1. The van der Waals surface area contributed by atoms with Gasteiger partial charge in [-0.25, -0.2) is 17.8 Å². The molecule has 32 heavy (non-hydrogen) atoms. The number of hydrogen-bond acceptors (Lipinski definition) is 7. The molecule has 0 saturated heterocycles. The second-order valence-corrected chi connectivity index (χ2v) is 11.6. The third-order valence-electron chi connectivity index (χ3n) is 6.24. The molecule has 176 valence electrons. The Labute approximate surface area is 197 Å². The number of benzene rings is 1. The molecule has 0 bridgehead atoms. The fourth-order valence-corrected chi connectivity index (χ4v) is 6.51. The summed E-state index contributed by atoms with van der Waals surface area (Å²) in [5.41, 5.74) is 0.366. The minimum atomic E-state index is -4.15. The lowest BCUT2D eigenvalue weighted by molar-refractivity contribution is 0.0735. The zero-order valence-corrected chi connectivity index (χ0v) is 20.2. The molecular formula is C21H28ClFN4O3S2. The number of likely N-dealkylation sites (N-methyl/N-ethyl adjacent to an activating group) is 1. The summed E-state index contributed by atoms with van der Waals surface area (Å²) in [4.78, 5) is 5.53. The molecule has 1 aromatic heterocycles. The van der Waals surface area contributed by atoms with E-state index in [-0.39, 0.29) is 28.3 Å². The summed E-state index contributed by atoms with van der Waals surface area (Å²) in [7, 11) is -2.14. The van der Waals surface area contributed by atoms with E-state index in [1.807, 2.05) is 7.05 Å². The lowest BCUT2D eigenvalue weighted by Gasteiger charge is -2.39. The lowest BCUT2D eigenvalue weighted by atomic mass is 9.89. The summed E-state index contributed by atoms with van der Waals surface area (Å²) in [5.74, 6) is -0.478. The predicted molar refractivity (Wildman–Crippen MR) is 125 cm³/mol. The van der Waals surface area contributed by atoms with Crippen LogP contribution in [0.25, 0.3) is 0 Å². The number of anilines is 2. The van der Waals surface area contributed by atoms with E-state index in [1.165, 1.54) is 6.20 Å². The molecule has 0 unspecified atom stereocenters. The Hall–Kier alpha value is -1.46. The summed E-state index contributed by atoms with van der Waals surface area (Å²) < 4.78 is 42.3. The first-order valence-corrected chi connectivity index (χ1v) is 13.5. The first-order chi connectivity index (χ1) is 15.2. The number of aliphatic hydroxyl groups is 1. The van der Waals surface area contributed by atoms with Crippen LogP contribution in [0.2, 0.25) is 5.02 Å². The molecule has 3 N–H and O–H groups in total. The van der Waals surface area contributed by atoms with Crippen LogP contribution in [0.1, 0.15) is 38.5 Å². The van der Waals surface area contributed by atoms with Crippen LogP contribution in [0.15, 0.2) is 28.6 Å². The lowest BCUT2D eigenvalue weighted by Crippen LogP contribution is -2.49. The van der Waals surface area contributed by atoms with Crippen LogP contribution < -0.4 is 10.0 Å². The van der Waals surface area contributed by atoms with Gasteiger partial charge in [-0.05, 0) is 50.8 Å². The Morgan fingerprint density at radius 3 is 2.75 bits per heavy atom. The van der Waals surface area contributed by atoms with E-state index in [2.05, 4.69) is 19.9 Å². The highest BCUT2D eigenvalue weighted by atomic mass is 35.5. The fourth-order valence-electron chi connectivity index (χ4n) is 4.36. The van der Waals surface area contributed by atoms with Crippen molar-refractivity contribution in [3.63, 3.8) is 0 Å². The Bertz CT molecular complexity index is 1030. The Morgan fingerprint density at radius 1 is 1.31 bits per heavy atom. The molecule has 2 aliphatic carbocycles. The van der Waals surface area contributed by atoms with Gasteiger partial charge in [-0.1, -0.05) is 24.4 Å². The highest BCUT2D eigenvalue weighted by molar-refractivity contribution is 7.93. The van der Waals surface area contributed by atoms with E-state index in [9.17, 15) is 17.9 Å². The van der Waals surface area contributed by atoms with E-state index < -0.39 is 20.7 Å². The van der Waals surface area contributed by atoms with Crippen molar-refractivity contribution in [2.24, 2.45) is 5.92 Å². The first-order valence-electron chi connectivity index (χ1n) is 10.8. The van der Waals surface area contributed by atoms with Crippen molar-refractivity contribution >= 4 is 43.8 Å². The summed E-state index contributed by atoms with van der Waals surface area (Å²) >= 11 is 7.48. The topological polar surface area (TPSA) is 94.6 Å². The van der Waals surface area contributed by atoms with Crippen molar-refractivity contribution in [2.45, 2.75) is 61.6 Å². The van der Waals surface area contributed by atoms with Gasteiger partial charge in [-0.3, -0.25) is 9.62 Å². The Morgan fingerprint density at radius 2 is 2.06 bits per heavy atom. The average molecular weight is 503 g/mol. The van der Waals surface area contributed by atoms with Crippen molar-refractivity contribution in [3.8, 4) is 0 Å². The van der Waals surface area contributed by atoms with Crippen molar-refractivity contribution < 1.29 is 17.9 Å². The van der Waals surface area contributed by atoms with Gasteiger partial charge < -0.3 is 10.4 Å². The quantitative estimate of drug-likeness (QED) is 0.476. The molecule has 1 heterocycles. The number of nitrogens with zero attached hydrogens (tertiary/aromatic N) is 2. The third kappa shape index (κ3) is 5.53. The van der Waals surface area contributed by atoms with Crippen molar-refractivity contribution in [2.75, 3.05) is 23.6 Å². The Balaban J connectivity index is 1.49. The normalized spacial score (nSPS) is 22.7. The number of sulfonamides is 1. The van der Waals surface area contributed by atoms with Gasteiger partial charge in [0.1, 0.15) is 10.7 Å². The SMILES string of the molecule is CN(C[C@@H](O)C1CC1)[C@H]1CCCC[C@@H]1Nc1cc(F)c(S(=O)(=O)Nc2nccs2)cc1Cl. The number of halogens is 2. The van der Waals surface area contributed by atoms with Crippen molar-refractivity contribution in [3.05, 3.63) is 34.5 Å². The van der Waals surface area contributed by atoms with Crippen LogP contribution in [0.3, 0.4) is 0 Å². The molecule has 1 aromatic carbocycles. The molecule has 2 aliphatic rings. The van der Waals surface area contributed by atoms with Gasteiger partial charge in [0.25, 0.3) is 10.0 Å². The maximum atomic E-state index is 14.9. The summed E-state index contributed by atoms with van der Waals surface area (Å²) in [6, 6.07) is 2.47. The van der Waals surface area contributed by atoms with Crippen LogP contribution >= 0.6 is 22.9 Å². The zero-order chi connectivity index (χ0) is 22.9. The molecule has 0 radical (unpaired) electrons.